The topological polar surface area (TPSA) is 76.7 Å². The van der Waals surface area contributed by atoms with E-state index >= 15 is 0 Å². The van der Waals surface area contributed by atoms with Gasteiger partial charge in [0.05, 0.1) is 19.2 Å². The van der Waals surface area contributed by atoms with Gasteiger partial charge in [-0.05, 0) is 42.8 Å². The molecule has 0 aromatic heterocycles. The second-order valence-electron chi connectivity index (χ2n) is 5.06. The van der Waals surface area contributed by atoms with Gasteiger partial charge in [0.15, 0.2) is 0 Å². The van der Waals surface area contributed by atoms with Gasteiger partial charge in [0.1, 0.15) is 12.4 Å². The van der Waals surface area contributed by atoms with Crippen molar-refractivity contribution in [3.05, 3.63) is 59.7 Å². The van der Waals surface area contributed by atoms with Gasteiger partial charge in [0.2, 0.25) is 0 Å². The Morgan fingerprint density at radius 2 is 1.75 bits per heavy atom. The Labute approximate surface area is 140 Å². The van der Waals surface area contributed by atoms with E-state index < -0.39 is 5.97 Å². The average molecular weight is 328 g/mol. The summed E-state index contributed by atoms with van der Waals surface area (Å²) in [6, 6.07) is 13.8. The Kier molecular flexibility index (Phi) is 6.19. The van der Waals surface area contributed by atoms with Gasteiger partial charge in [-0.1, -0.05) is 18.2 Å². The predicted octanol–water partition coefficient (Wildman–Crippen LogP) is 2.98. The maximum absolute atomic E-state index is 11.8. The largest absolute Gasteiger partial charge is 0.491 e. The fraction of sp³-hybridized carbons (Fsp3) is 0.222. The van der Waals surface area contributed by atoms with Gasteiger partial charge >= 0.3 is 12.0 Å². The molecule has 2 aromatic rings. The molecule has 2 amide bonds. The number of carbonyl (C=O) groups is 2. The first kappa shape index (κ1) is 17.3. The molecule has 0 fully saturated rings. The lowest BCUT2D eigenvalue weighted by Gasteiger charge is -2.10. The molecule has 0 saturated carbocycles. The summed E-state index contributed by atoms with van der Waals surface area (Å²) in [5, 5.41) is 5.38. The molecule has 6 heteroatoms. The van der Waals surface area contributed by atoms with Crippen LogP contribution in [0.2, 0.25) is 0 Å². The molecular weight excluding hydrogens is 308 g/mol. The maximum atomic E-state index is 11.8. The summed E-state index contributed by atoms with van der Waals surface area (Å²) in [6.07, 6.45) is 0. The van der Waals surface area contributed by atoms with Crippen LogP contribution in [0.4, 0.5) is 10.5 Å². The molecule has 2 aromatic carbocycles. The molecule has 0 atom stereocenters. The van der Waals surface area contributed by atoms with Crippen LogP contribution in [0.1, 0.15) is 15.9 Å². The van der Waals surface area contributed by atoms with E-state index in [1.807, 2.05) is 31.2 Å². The van der Waals surface area contributed by atoms with Crippen molar-refractivity contribution in [2.45, 2.75) is 6.92 Å². The van der Waals surface area contributed by atoms with E-state index in [4.69, 9.17) is 4.74 Å². The van der Waals surface area contributed by atoms with Crippen molar-refractivity contribution in [1.82, 2.24) is 5.32 Å². The van der Waals surface area contributed by atoms with Crippen LogP contribution in [0, 0.1) is 6.92 Å². The zero-order chi connectivity index (χ0) is 17.4. The molecular formula is C18H20N2O4. The number of carbonyl (C=O) groups excluding carboxylic acids is 2. The summed E-state index contributed by atoms with van der Waals surface area (Å²) < 4.78 is 10.2. The van der Waals surface area contributed by atoms with E-state index in [-0.39, 0.29) is 6.03 Å². The number of amides is 2. The smallest absolute Gasteiger partial charge is 0.337 e. The molecule has 0 unspecified atom stereocenters. The van der Waals surface area contributed by atoms with Crippen molar-refractivity contribution in [3.8, 4) is 5.75 Å². The number of benzene rings is 2. The lowest BCUT2D eigenvalue weighted by Crippen LogP contribution is -2.32. The lowest BCUT2D eigenvalue weighted by molar-refractivity contribution is 0.0600. The SMILES string of the molecule is COC(=O)c1ccc(NC(=O)NCCOc2ccccc2C)cc1. The second-order valence-corrected chi connectivity index (χ2v) is 5.06. The summed E-state index contributed by atoms with van der Waals surface area (Å²) in [6.45, 7) is 2.72. The van der Waals surface area contributed by atoms with Crippen molar-refractivity contribution >= 4 is 17.7 Å². The number of ether oxygens (including phenoxy) is 2. The summed E-state index contributed by atoms with van der Waals surface area (Å²) in [4.78, 5) is 23.1. The fourth-order valence-electron chi connectivity index (χ4n) is 2.03. The summed E-state index contributed by atoms with van der Waals surface area (Å²) in [7, 11) is 1.32. The minimum Gasteiger partial charge on any atom is -0.491 e. The quantitative estimate of drug-likeness (QED) is 0.631. The number of para-hydroxylation sites is 1. The number of rotatable bonds is 6. The Bertz CT molecular complexity index is 698. The van der Waals surface area contributed by atoms with Crippen LogP contribution < -0.4 is 15.4 Å². The van der Waals surface area contributed by atoms with Crippen molar-refractivity contribution in [3.63, 3.8) is 0 Å². The van der Waals surface area contributed by atoms with E-state index in [2.05, 4.69) is 15.4 Å². The Hall–Kier alpha value is -3.02. The van der Waals surface area contributed by atoms with E-state index in [1.165, 1.54) is 7.11 Å². The zero-order valence-corrected chi connectivity index (χ0v) is 13.7. The van der Waals surface area contributed by atoms with Crippen LogP contribution in [-0.4, -0.2) is 32.3 Å². The highest BCUT2D eigenvalue weighted by Gasteiger charge is 2.06. The Morgan fingerprint density at radius 3 is 2.42 bits per heavy atom. The van der Waals surface area contributed by atoms with Crippen molar-refractivity contribution in [1.29, 1.82) is 0 Å². The number of hydrogen-bond acceptors (Lipinski definition) is 4. The Morgan fingerprint density at radius 1 is 1.04 bits per heavy atom. The van der Waals surface area contributed by atoms with Gasteiger partial charge in [-0.2, -0.15) is 0 Å². The predicted molar refractivity (Wildman–Crippen MR) is 91.5 cm³/mol. The van der Waals surface area contributed by atoms with E-state index in [0.717, 1.165) is 11.3 Å². The molecule has 126 valence electrons. The van der Waals surface area contributed by atoms with Crippen LogP contribution in [0.5, 0.6) is 5.75 Å². The van der Waals surface area contributed by atoms with E-state index in [0.29, 0.717) is 24.4 Å². The number of anilines is 1. The summed E-state index contributed by atoms with van der Waals surface area (Å²) in [5.74, 6) is 0.387. The standard InChI is InChI=1S/C18H20N2O4/c1-13-5-3-4-6-16(13)24-12-11-19-18(22)20-15-9-7-14(8-10-15)17(21)23-2/h3-10H,11-12H2,1-2H3,(H2,19,20,22). The minimum atomic E-state index is -0.417. The number of aryl methyl sites for hydroxylation is 1. The third kappa shape index (κ3) is 5.01. The minimum absolute atomic E-state index is 0.339. The van der Waals surface area contributed by atoms with Crippen LogP contribution in [-0.2, 0) is 4.74 Å². The Balaban J connectivity index is 1.73. The van der Waals surface area contributed by atoms with Crippen LogP contribution in [0.25, 0.3) is 0 Å². The molecule has 2 rings (SSSR count). The zero-order valence-electron chi connectivity index (χ0n) is 13.7. The van der Waals surface area contributed by atoms with Gasteiger partial charge in [-0.3, -0.25) is 0 Å². The van der Waals surface area contributed by atoms with Crippen LogP contribution in [0.3, 0.4) is 0 Å². The lowest BCUT2D eigenvalue weighted by atomic mass is 10.2. The third-order valence-electron chi connectivity index (χ3n) is 3.30. The van der Waals surface area contributed by atoms with E-state index in [1.54, 1.807) is 24.3 Å². The molecule has 0 bridgehead atoms. The highest BCUT2D eigenvalue weighted by molar-refractivity contribution is 5.92. The first-order valence-corrected chi connectivity index (χ1v) is 7.52. The first-order chi connectivity index (χ1) is 11.6. The number of esters is 1. The molecule has 24 heavy (non-hydrogen) atoms. The average Bonchev–Trinajstić information content (AvgIpc) is 2.60. The van der Waals surface area contributed by atoms with Crippen LogP contribution in [0.15, 0.2) is 48.5 Å². The first-order valence-electron chi connectivity index (χ1n) is 7.52. The fourth-order valence-corrected chi connectivity index (χ4v) is 2.03. The second kappa shape index (κ2) is 8.57. The molecule has 0 saturated heterocycles. The molecule has 6 nitrogen and oxygen atoms in total. The van der Waals surface area contributed by atoms with Crippen molar-refractivity contribution in [2.24, 2.45) is 0 Å². The molecule has 0 aliphatic carbocycles. The maximum Gasteiger partial charge on any atom is 0.337 e. The molecule has 2 N–H and O–H groups in total. The van der Waals surface area contributed by atoms with Gasteiger partial charge in [0, 0.05) is 5.69 Å². The monoisotopic (exact) mass is 328 g/mol. The molecule has 0 radical (unpaired) electrons. The molecule has 0 spiro atoms. The van der Waals surface area contributed by atoms with Gasteiger partial charge in [-0.25, -0.2) is 9.59 Å². The van der Waals surface area contributed by atoms with Crippen LogP contribution >= 0.6 is 0 Å². The van der Waals surface area contributed by atoms with E-state index in [9.17, 15) is 9.59 Å². The summed E-state index contributed by atoms with van der Waals surface area (Å²) >= 11 is 0. The van der Waals surface area contributed by atoms with Crippen molar-refractivity contribution in [2.75, 3.05) is 25.6 Å². The molecule has 0 aliphatic rings. The highest BCUT2D eigenvalue weighted by Crippen LogP contribution is 2.15. The highest BCUT2D eigenvalue weighted by atomic mass is 16.5. The van der Waals surface area contributed by atoms with Gasteiger partial charge in [0.25, 0.3) is 0 Å². The summed E-state index contributed by atoms with van der Waals surface area (Å²) in [5.41, 5.74) is 2.06. The number of methoxy groups -OCH3 is 1. The molecule has 0 heterocycles. The third-order valence-corrected chi connectivity index (χ3v) is 3.30. The van der Waals surface area contributed by atoms with Gasteiger partial charge < -0.3 is 20.1 Å². The number of urea groups is 1. The number of nitrogens with one attached hydrogen (secondary N) is 2. The normalized spacial score (nSPS) is 9.92. The number of hydrogen-bond donors (Lipinski definition) is 2. The van der Waals surface area contributed by atoms with Gasteiger partial charge in [-0.15, -0.1) is 0 Å². The molecule has 0 aliphatic heterocycles. The van der Waals surface area contributed by atoms with Crippen molar-refractivity contribution < 1.29 is 19.1 Å².